The quantitative estimate of drug-likeness (QED) is 0.273. The zero-order valence-electron chi connectivity index (χ0n) is 31.1. The van der Waals surface area contributed by atoms with Crippen molar-refractivity contribution < 1.29 is 37.1 Å². The molecule has 4 aliphatic heterocycles. The number of carbonyl (C=O) groups excluding carboxylic acids is 4. The van der Waals surface area contributed by atoms with Crippen molar-refractivity contribution in [1.29, 1.82) is 0 Å². The normalized spacial score (nSPS) is 20.8. The summed E-state index contributed by atoms with van der Waals surface area (Å²) in [5.74, 6) is -6.18. The highest BCUT2D eigenvalue weighted by Crippen LogP contribution is 2.38. The fraction of sp³-hybridized carbons (Fsp3) is 0.474. The number of halogens is 3. The monoisotopic (exact) mass is 763 g/mol. The van der Waals surface area contributed by atoms with Gasteiger partial charge < -0.3 is 30.1 Å². The Morgan fingerprint density at radius 3 is 2.45 bits per heavy atom. The smallest absolute Gasteiger partial charge is 0.342 e. The van der Waals surface area contributed by atoms with Gasteiger partial charge in [-0.1, -0.05) is 6.07 Å². The number of piperidine rings is 2. The zero-order valence-corrected chi connectivity index (χ0v) is 31.1. The molecule has 4 aliphatic rings. The van der Waals surface area contributed by atoms with Crippen molar-refractivity contribution in [2.45, 2.75) is 69.5 Å². The summed E-state index contributed by atoms with van der Waals surface area (Å²) in [7, 11) is 2.73. The molecule has 7 rings (SSSR count). The lowest BCUT2D eigenvalue weighted by atomic mass is 9.90. The Morgan fingerprint density at radius 2 is 1.78 bits per heavy atom. The van der Waals surface area contributed by atoms with Crippen molar-refractivity contribution in [3.05, 3.63) is 59.5 Å². The van der Waals surface area contributed by atoms with Crippen LogP contribution in [-0.4, -0.2) is 109 Å². The first-order valence-electron chi connectivity index (χ1n) is 18.4. The third kappa shape index (κ3) is 7.61. The number of imide groups is 1. The number of anilines is 5. The van der Waals surface area contributed by atoms with E-state index >= 15 is 4.39 Å². The Kier molecular flexibility index (Phi) is 10.3. The second kappa shape index (κ2) is 15.0. The van der Waals surface area contributed by atoms with Crippen molar-refractivity contribution in [3.63, 3.8) is 0 Å². The number of likely N-dealkylation sites (tertiary alicyclic amines) is 1. The van der Waals surface area contributed by atoms with Crippen LogP contribution in [0.2, 0.25) is 0 Å². The predicted octanol–water partition coefficient (Wildman–Crippen LogP) is 3.80. The minimum absolute atomic E-state index is 0.0322. The van der Waals surface area contributed by atoms with E-state index in [0.29, 0.717) is 47.8 Å². The molecule has 0 aliphatic carbocycles. The molecule has 3 saturated heterocycles. The molecule has 17 heteroatoms. The van der Waals surface area contributed by atoms with Gasteiger partial charge in [-0.25, -0.2) is 9.37 Å². The van der Waals surface area contributed by atoms with Crippen LogP contribution < -0.4 is 35.4 Å². The van der Waals surface area contributed by atoms with E-state index in [-0.39, 0.29) is 65.5 Å². The van der Waals surface area contributed by atoms with Gasteiger partial charge in [0.2, 0.25) is 17.8 Å². The van der Waals surface area contributed by atoms with Crippen LogP contribution >= 0.6 is 0 Å². The molecule has 292 valence electrons. The van der Waals surface area contributed by atoms with E-state index in [2.05, 4.69) is 30.8 Å². The van der Waals surface area contributed by atoms with Crippen LogP contribution in [0.25, 0.3) is 0 Å². The van der Waals surface area contributed by atoms with Crippen LogP contribution in [0, 0.1) is 5.82 Å². The van der Waals surface area contributed by atoms with E-state index in [1.54, 1.807) is 44.2 Å². The number of nitrogens with one attached hydrogen (secondary N) is 3. The molecule has 0 saturated carbocycles. The van der Waals surface area contributed by atoms with Gasteiger partial charge in [-0.15, -0.1) is 0 Å². The third-order valence-electron chi connectivity index (χ3n) is 10.9. The molecule has 4 amide bonds. The highest BCUT2D eigenvalue weighted by Gasteiger charge is 2.48. The van der Waals surface area contributed by atoms with Gasteiger partial charge in [0.25, 0.3) is 11.8 Å². The van der Waals surface area contributed by atoms with Crippen LogP contribution in [0.4, 0.5) is 42.0 Å². The number of hydrogen-bond donors (Lipinski definition) is 3. The number of methoxy groups -OCH3 is 1. The molecular formula is C38H44F3N9O5. The summed E-state index contributed by atoms with van der Waals surface area (Å²) in [5.41, 5.74) is 2.06. The molecule has 3 N–H and O–H groups in total. The van der Waals surface area contributed by atoms with E-state index in [9.17, 15) is 28.0 Å². The first kappa shape index (κ1) is 37.8. The molecule has 2 aromatic carbocycles. The summed E-state index contributed by atoms with van der Waals surface area (Å²) < 4.78 is 50.1. The maximum Gasteiger partial charge on any atom is 0.342 e. The Labute approximate surface area is 316 Å². The van der Waals surface area contributed by atoms with E-state index in [1.165, 1.54) is 31.3 Å². The number of rotatable bonds is 9. The van der Waals surface area contributed by atoms with Crippen LogP contribution in [0.15, 0.2) is 42.6 Å². The first-order valence-corrected chi connectivity index (χ1v) is 18.4. The highest BCUT2D eigenvalue weighted by molar-refractivity contribution is 6.02. The lowest BCUT2D eigenvalue weighted by molar-refractivity contribution is -0.140. The molecule has 3 fully saturated rings. The number of carbonyl (C=O) groups is 4. The van der Waals surface area contributed by atoms with Gasteiger partial charge in [-0.05, 0) is 69.0 Å². The number of benzene rings is 2. The van der Waals surface area contributed by atoms with Crippen LogP contribution in [0.5, 0.6) is 5.75 Å². The van der Waals surface area contributed by atoms with Gasteiger partial charge in [-0.2, -0.15) is 13.8 Å². The molecule has 0 radical (unpaired) electrons. The van der Waals surface area contributed by atoms with E-state index < -0.39 is 24.3 Å². The Hall–Kier alpha value is -5.45. The molecule has 55 heavy (non-hydrogen) atoms. The van der Waals surface area contributed by atoms with Crippen molar-refractivity contribution in [1.82, 2.24) is 25.5 Å². The van der Waals surface area contributed by atoms with E-state index in [0.717, 1.165) is 30.8 Å². The number of aromatic nitrogens is 2. The molecule has 1 atom stereocenters. The van der Waals surface area contributed by atoms with Crippen LogP contribution in [-0.2, 0) is 14.4 Å². The number of ether oxygens (including phenoxy) is 1. The number of fused-ring (bicyclic) bond motifs is 1. The van der Waals surface area contributed by atoms with Crippen LogP contribution in [0.1, 0.15) is 61.4 Å². The Balaban J connectivity index is 0.922. The van der Waals surface area contributed by atoms with Gasteiger partial charge in [-0.3, -0.25) is 29.4 Å². The largest absolute Gasteiger partial charge is 0.495 e. The number of amides is 4. The van der Waals surface area contributed by atoms with Crippen LogP contribution in [0.3, 0.4) is 0 Å². The van der Waals surface area contributed by atoms with Gasteiger partial charge in [0.05, 0.1) is 37.1 Å². The molecule has 1 unspecified atom stereocenters. The molecule has 1 aromatic heterocycles. The van der Waals surface area contributed by atoms with Crippen molar-refractivity contribution >= 4 is 52.5 Å². The van der Waals surface area contributed by atoms with Gasteiger partial charge in [0.15, 0.2) is 5.82 Å². The molecule has 5 heterocycles. The second-order valence-electron chi connectivity index (χ2n) is 14.8. The van der Waals surface area contributed by atoms with Gasteiger partial charge in [0, 0.05) is 63.3 Å². The van der Waals surface area contributed by atoms with Gasteiger partial charge >= 0.3 is 5.92 Å². The molecule has 0 bridgehead atoms. The Morgan fingerprint density at radius 1 is 1.04 bits per heavy atom. The summed E-state index contributed by atoms with van der Waals surface area (Å²) in [6.07, 6.45) is 3.44. The summed E-state index contributed by atoms with van der Waals surface area (Å²) in [6.45, 7) is 5.56. The van der Waals surface area contributed by atoms with Gasteiger partial charge in [0.1, 0.15) is 17.3 Å². The lowest BCUT2D eigenvalue weighted by Gasteiger charge is -2.48. The average Bonchev–Trinajstić information content (AvgIpc) is 3.20. The maximum absolute atomic E-state index is 15.1. The fourth-order valence-corrected chi connectivity index (χ4v) is 7.64. The lowest BCUT2D eigenvalue weighted by Crippen LogP contribution is -2.62. The zero-order chi connectivity index (χ0) is 39.2. The minimum Gasteiger partial charge on any atom is -0.495 e. The SMILES string of the molecule is COc1cc(C(=O)NC2CCN(C3CN(c4ccc(C5CCC(=O)NC5=O)cc4F)C3)CC2)ccc1Nc1ncc2c(n1)N(C(C)C)CC(F)(F)C(=O)N2C. The maximum atomic E-state index is 15.1. The molecule has 3 aromatic rings. The molecule has 0 spiro atoms. The third-order valence-corrected chi connectivity index (χ3v) is 10.9. The predicted molar refractivity (Wildman–Crippen MR) is 199 cm³/mol. The summed E-state index contributed by atoms with van der Waals surface area (Å²) in [6, 6.07) is 9.62. The number of alkyl halides is 2. The summed E-state index contributed by atoms with van der Waals surface area (Å²) in [4.78, 5) is 64.9. The van der Waals surface area contributed by atoms with Crippen molar-refractivity contribution in [2.24, 2.45) is 0 Å². The first-order chi connectivity index (χ1) is 26.2. The van der Waals surface area contributed by atoms with Crippen molar-refractivity contribution in [2.75, 3.05) is 66.9 Å². The number of hydrogen-bond acceptors (Lipinski definition) is 11. The number of nitrogens with zero attached hydrogens (tertiary/aromatic N) is 6. The summed E-state index contributed by atoms with van der Waals surface area (Å²) in [5, 5.41) is 8.51. The Bertz CT molecular complexity index is 2000. The van der Waals surface area contributed by atoms with E-state index in [1.807, 2.05) is 4.90 Å². The molecular weight excluding hydrogens is 719 g/mol. The fourth-order valence-electron chi connectivity index (χ4n) is 7.64. The average molecular weight is 764 g/mol. The van der Waals surface area contributed by atoms with E-state index in [4.69, 9.17) is 4.74 Å². The standard InChI is InChI=1S/C38H44F3N9O5/c1-21(2)50-20-38(40,41)36(54)47(3)30-17-42-37(46-33(30)50)44-28-8-5-23(16-31(28)55-4)34(52)43-24-11-13-48(14-12-24)25-18-49(19-25)29-9-6-22(15-27(29)39)26-7-10-32(51)45-35(26)53/h5-6,8-9,15-17,21,24-26H,7,10-14,18-20H2,1-4H3,(H,43,52)(H,42,44,46)(H,45,51,53). The second-order valence-corrected chi connectivity index (χ2v) is 14.8. The highest BCUT2D eigenvalue weighted by atomic mass is 19.3. The minimum atomic E-state index is -3.61. The topological polar surface area (TPSA) is 152 Å². The van der Waals surface area contributed by atoms with Crippen molar-refractivity contribution in [3.8, 4) is 5.75 Å². The molecule has 14 nitrogen and oxygen atoms in total. The summed E-state index contributed by atoms with van der Waals surface area (Å²) >= 11 is 0.